The van der Waals surface area contributed by atoms with Gasteiger partial charge in [0, 0.05) is 26.2 Å². The molecule has 1 aliphatic heterocycles. The molecule has 32 heavy (non-hydrogen) atoms. The van der Waals surface area contributed by atoms with Gasteiger partial charge in [0.25, 0.3) is 0 Å². The van der Waals surface area contributed by atoms with Gasteiger partial charge in [-0.05, 0) is 62.2 Å². The molecule has 3 aliphatic carbocycles. The van der Waals surface area contributed by atoms with Gasteiger partial charge in [0.1, 0.15) is 23.7 Å². The van der Waals surface area contributed by atoms with E-state index in [4.69, 9.17) is 18.9 Å². The lowest BCUT2D eigenvalue weighted by molar-refractivity contribution is -0.242. The van der Waals surface area contributed by atoms with Crippen molar-refractivity contribution in [2.24, 2.45) is 34.5 Å². The monoisotopic (exact) mass is 450 g/mol. The van der Waals surface area contributed by atoms with Crippen molar-refractivity contribution in [2.75, 3.05) is 7.11 Å². The number of esters is 4. The summed E-state index contributed by atoms with van der Waals surface area (Å²) in [6.45, 7) is 6.81. The number of carbonyl (C=O) groups excluding carboxylic acids is 4. The smallest absolute Gasteiger partial charge is 0.315 e. The van der Waals surface area contributed by atoms with Gasteiger partial charge in [-0.1, -0.05) is 6.92 Å². The molecular weight excluding hydrogens is 416 g/mol. The van der Waals surface area contributed by atoms with Crippen molar-refractivity contribution in [1.82, 2.24) is 0 Å². The van der Waals surface area contributed by atoms with Crippen molar-refractivity contribution < 1.29 is 38.1 Å². The third-order valence-electron chi connectivity index (χ3n) is 9.05. The second-order valence-electron chi connectivity index (χ2n) is 10.6. The highest BCUT2D eigenvalue weighted by Crippen LogP contribution is 2.65. The van der Waals surface area contributed by atoms with Crippen molar-refractivity contribution >= 4 is 23.9 Å². The largest absolute Gasteiger partial charge is 0.468 e. The van der Waals surface area contributed by atoms with E-state index in [1.807, 2.05) is 0 Å². The fourth-order valence-electron chi connectivity index (χ4n) is 7.54. The number of carbonyl (C=O) groups is 4. The highest BCUT2D eigenvalue weighted by atomic mass is 16.6. The highest BCUT2D eigenvalue weighted by Gasteiger charge is 2.68. The Morgan fingerprint density at radius 2 is 1.69 bits per heavy atom. The second-order valence-corrected chi connectivity index (χ2v) is 10.6. The minimum Gasteiger partial charge on any atom is -0.468 e. The first kappa shape index (κ1) is 23.1. The molecule has 4 fully saturated rings. The van der Waals surface area contributed by atoms with E-state index in [1.165, 1.54) is 21.0 Å². The lowest BCUT2D eigenvalue weighted by Crippen LogP contribution is -2.67. The number of fused-ring (bicyclic) bond motifs is 2. The third kappa shape index (κ3) is 3.50. The zero-order valence-electron chi connectivity index (χ0n) is 19.6. The standard InChI is InChI=1S/C24H34O8/c1-12(25)30-15-6-7-23(3)14(8-15)9-18-21-16(23)10-19(31-13(2)26)24(4,22(28)29-5)17(21)11-20(27)32-18/h14-19,21H,6-11H2,1-5H3. The summed E-state index contributed by atoms with van der Waals surface area (Å²) in [6.07, 6.45) is 2.57. The summed E-state index contributed by atoms with van der Waals surface area (Å²) in [7, 11) is 1.33. The molecule has 4 rings (SSSR count). The lowest BCUT2D eigenvalue weighted by Gasteiger charge is -2.64. The van der Waals surface area contributed by atoms with E-state index in [1.54, 1.807) is 6.92 Å². The number of hydrogen-bond acceptors (Lipinski definition) is 8. The molecule has 9 unspecified atom stereocenters. The Morgan fingerprint density at radius 3 is 2.31 bits per heavy atom. The first-order valence-corrected chi connectivity index (χ1v) is 11.6. The van der Waals surface area contributed by atoms with Gasteiger partial charge in [-0.2, -0.15) is 0 Å². The molecule has 1 heterocycles. The SMILES string of the molecule is COC(=O)C1(C)C(OC(C)=O)CC2C3C(CC4CC(OC(C)=O)CCC42C)OC(=O)CC31. The van der Waals surface area contributed by atoms with Gasteiger partial charge in [-0.3, -0.25) is 19.2 Å². The zero-order chi connectivity index (χ0) is 23.4. The van der Waals surface area contributed by atoms with Crippen LogP contribution in [0.5, 0.6) is 0 Å². The Labute approximate surface area is 188 Å². The predicted octanol–water partition coefficient (Wildman–Crippen LogP) is 2.81. The van der Waals surface area contributed by atoms with Crippen molar-refractivity contribution in [3.05, 3.63) is 0 Å². The van der Waals surface area contributed by atoms with E-state index in [-0.39, 0.29) is 59.7 Å². The molecule has 0 spiro atoms. The molecule has 1 saturated heterocycles. The molecule has 0 aromatic rings. The van der Waals surface area contributed by atoms with Crippen molar-refractivity contribution in [3.63, 3.8) is 0 Å². The predicted molar refractivity (Wildman–Crippen MR) is 111 cm³/mol. The third-order valence-corrected chi connectivity index (χ3v) is 9.05. The van der Waals surface area contributed by atoms with Crippen LogP contribution >= 0.6 is 0 Å². The van der Waals surface area contributed by atoms with Crippen LogP contribution in [-0.4, -0.2) is 49.3 Å². The molecule has 8 heteroatoms. The summed E-state index contributed by atoms with van der Waals surface area (Å²) in [6, 6.07) is 0. The zero-order valence-corrected chi connectivity index (χ0v) is 19.6. The normalized spacial score (nSPS) is 44.9. The van der Waals surface area contributed by atoms with E-state index < -0.39 is 23.5 Å². The van der Waals surface area contributed by atoms with E-state index >= 15 is 0 Å². The summed E-state index contributed by atoms with van der Waals surface area (Å²) in [5.41, 5.74) is -1.20. The number of ether oxygens (including phenoxy) is 4. The van der Waals surface area contributed by atoms with Gasteiger partial charge in [0.2, 0.25) is 0 Å². The van der Waals surface area contributed by atoms with Crippen LogP contribution in [0.2, 0.25) is 0 Å². The van der Waals surface area contributed by atoms with E-state index in [2.05, 4.69) is 6.92 Å². The number of hydrogen-bond donors (Lipinski definition) is 0. The summed E-state index contributed by atoms with van der Waals surface area (Å²) < 4.78 is 22.3. The summed E-state index contributed by atoms with van der Waals surface area (Å²) in [4.78, 5) is 49.2. The molecule has 0 amide bonds. The summed E-state index contributed by atoms with van der Waals surface area (Å²) >= 11 is 0. The van der Waals surface area contributed by atoms with Crippen LogP contribution in [0.15, 0.2) is 0 Å². The molecular formula is C24H34O8. The molecule has 178 valence electrons. The molecule has 0 N–H and O–H groups in total. The summed E-state index contributed by atoms with van der Waals surface area (Å²) in [5, 5.41) is 0. The minimum absolute atomic E-state index is 0.00451. The fraction of sp³-hybridized carbons (Fsp3) is 0.833. The molecule has 9 atom stereocenters. The Morgan fingerprint density at radius 1 is 1.00 bits per heavy atom. The number of methoxy groups -OCH3 is 1. The van der Waals surface area contributed by atoms with E-state index in [0.29, 0.717) is 12.8 Å². The maximum Gasteiger partial charge on any atom is 0.315 e. The summed E-state index contributed by atoms with van der Waals surface area (Å²) in [5.74, 6) is -1.52. The van der Waals surface area contributed by atoms with Crippen molar-refractivity contribution in [3.8, 4) is 0 Å². The van der Waals surface area contributed by atoms with Crippen LogP contribution in [0.4, 0.5) is 0 Å². The van der Waals surface area contributed by atoms with E-state index in [9.17, 15) is 19.2 Å². The average molecular weight is 451 g/mol. The first-order valence-electron chi connectivity index (χ1n) is 11.6. The molecule has 0 aromatic carbocycles. The quantitative estimate of drug-likeness (QED) is 0.477. The lowest BCUT2D eigenvalue weighted by atomic mass is 9.42. The Balaban J connectivity index is 1.74. The Hall–Kier alpha value is -2.12. The van der Waals surface area contributed by atoms with Crippen LogP contribution in [0.25, 0.3) is 0 Å². The molecule has 0 aromatic heterocycles. The van der Waals surface area contributed by atoms with Gasteiger partial charge >= 0.3 is 23.9 Å². The van der Waals surface area contributed by atoms with Crippen LogP contribution in [0.3, 0.4) is 0 Å². The van der Waals surface area contributed by atoms with Crippen LogP contribution < -0.4 is 0 Å². The minimum atomic E-state index is -1.11. The molecule has 0 bridgehead atoms. The average Bonchev–Trinajstić information content (AvgIpc) is 2.70. The second kappa shape index (κ2) is 8.03. The fourth-order valence-corrected chi connectivity index (χ4v) is 7.54. The van der Waals surface area contributed by atoms with Gasteiger partial charge < -0.3 is 18.9 Å². The van der Waals surface area contributed by atoms with Crippen LogP contribution in [-0.2, 0) is 38.1 Å². The van der Waals surface area contributed by atoms with Gasteiger partial charge in [0.05, 0.1) is 7.11 Å². The molecule has 3 saturated carbocycles. The molecule has 4 aliphatic rings. The molecule has 0 radical (unpaired) electrons. The van der Waals surface area contributed by atoms with Crippen molar-refractivity contribution in [1.29, 1.82) is 0 Å². The van der Waals surface area contributed by atoms with Gasteiger partial charge in [-0.15, -0.1) is 0 Å². The van der Waals surface area contributed by atoms with Crippen LogP contribution in [0, 0.1) is 34.5 Å². The number of rotatable bonds is 3. The first-order chi connectivity index (χ1) is 15.0. The van der Waals surface area contributed by atoms with Crippen LogP contribution in [0.1, 0.15) is 66.2 Å². The van der Waals surface area contributed by atoms with E-state index in [0.717, 1.165) is 19.3 Å². The van der Waals surface area contributed by atoms with Crippen molar-refractivity contribution in [2.45, 2.75) is 84.5 Å². The molecule has 8 nitrogen and oxygen atoms in total. The van der Waals surface area contributed by atoms with Gasteiger partial charge in [-0.25, -0.2) is 0 Å². The van der Waals surface area contributed by atoms with Gasteiger partial charge in [0.15, 0.2) is 0 Å². The Kier molecular flexibility index (Phi) is 5.78. The topological polar surface area (TPSA) is 105 Å². The maximum atomic E-state index is 13.1. The Bertz CT molecular complexity index is 823. The highest BCUT2D eigenvalue weighted by molar-refractivity contribution is 5.81. The maximum absolute atomic E-state index is 13.1.